The second kappa shape index (κ2) is 7.64. The number of carbonyl (C=O) groups is 2. The molecule has 2 amide bonds. The fourth-order valence-electron chi connectivity index (χ4n) is 4.02. The van der Waals surface area contributed by atoms with Gasteiger partial charge < -0.3 is 16.0 Å². The van der Waals surface area contributed by atoms with Crippen molar-refractivity contribution in [2.45, 2.75) is 19.3 Å². The summed E-state index contributed by atoms with van der Waals surface area (Å²) in [5, 5.41) is 11.1. The highest BCUT2D eigenvalue weighted by Gasteiger charge is 2.57. The Morgan fingerprint density at radius 2 is 1.81 bits per heavy atom. The van der Waals surface area contributed by atoms with E-state index in [0.717, 1.165) is 48.8 Å². The van der Waals surface area contributed by atoms with Crippen molar-refractivity contribution in [3.05, 3.63) is 42.5 Å². The summed E-state index contributed by atoms with van der Waals surface area (Å²) >= 11 is 0. The van der Waals surface area contributed by atoms with Crippen LogP contribution in [0, 0.1) is 11.3 Å². The van der Waals surface area contributed by atoms with E-state index in [-0.39, 0.29) is 42.1 Å². The van der Waals surface area contributed by atoms with Crippen molar-refractivity contribution < 1.29 is 9.59 Å². The van der Waals surface area contributed by atoms with Gasteiger partial charge in [0.05, 0.1) is 6.54 Å². The van der Waals surface area contributed by atoms with E-state index in [2.05, 4.69) is 16.0 Å². The third-order valence-corrected chi connectivity index (χ3v) is 5.59. The first-order chi connectivity index (χ1) is 12.2. The van der Waals surface area contributed by atoms with Gasteiger partial charge in [-0.15, -0.1) is 12.4 Å². The standard InChI is InChI=1S/C20H23N3O2.ClH/c24-18(23-17-7-3-5-14-4-1-2-6-15(14)17)13-22-19(25)16-12-20(16)8-10-21-11-9-20;/h1-7,16,21H,8-13H2,(H,22,25)(H,23,24);1H. The maximum atomic E-state index is 12.3. The predicted molar refractivity (Wildman–Crippen MR) is 105 cm³/mol. The van der Waals surface area contributed by atoms with Crippen molar-refractivity contribution in [3.8, 4) is 0 Å². The van der Waals surface area contributed by atoms with Crippen molar-refractivity contribution in [1.82, 2.24) is 10.6 Å². The molecule has 3 N–H and O–H groups in total. The Morgan fingerprint density at radius 3 is 2.62 bits per heavy atom. The monoisotopic (exact) mass is 373 g/mol. The zero-order valence-electron chi connectivity index (χ0n) is 14.6. The van der Waals surface area contributed by atoms with Gasteiger partial charge in [0, 0.05) is 17.0 Å². The fraction of sp³-hybridized carbons (Fsp3) is 0.400. The van der Waals surface area contributed by atoms with Crippen molar-refractivity contribution in [2.75, 3.05) is 25.0 Å². The van der Waals surface area contributed by atoms with Gasteiger partial charge in [0.25, 0.3) is 0 Å². The molecule has 0 bridgehead atoms. The minimum atomic E-state index is -0.190. The average Bonchev–Trinajstić information content (AvgIpc) is 3.33. The van der Waals surface area contributed by atoms with Gasteiger partial charge in [-0.1, -0.05) is 36.4 Å². The highest BCUT2D eigenvalue weighted by atomic mass is 35.5. The van der Waals surface area contributed by atoms with Gasteiger partial charge in [-0.25, -0.2) is 0 Å². The number of fused-ring (bicyclic) bond motifs is 1. The molecular formula is C20H24ClN3O2. The largest absolute Gasteiger partial charge is 0.347 e. The molecule has 1 unspecified atom stereocenters. The molecule has 2 aromatic carbocycles. The molecule has 1 atom stereocenters. The van der Waals surface area contributed by atoms with Crippen molar-refractivity contribution in [2.24, 2.45) is 11.3 Å². The lowest BCUT2D eigenvalue weighted by molar-refractivity contribution is -0.125. The van der Waals surface area contributed by atoms with E-state index in [1.165, 1.54) is 0 Å². The number of hydrogen-bond donors (Lipinski definition) is 3. The Hall–Kier alpha value is -2.11. The lowest BCUT2D eigenvalue weighted by atomic mass is 9.92. The average molecular weight is 374 g/mol. The molecule has 1 spiro atoms. The number of nitrogens with one attached hydrogen (secondary N) is 3. The van der Waals surface area contributed by atoms with Crippen LogP contribution in [0.4, 0.5) is 5.69 Å². The lowest BCUT2D eigenvalue weighted by Crippen LogP contribution is -2.37. The lowest BCUT2D eigenvalue weighted by Gasteiger charge is -2.23. The summed E-state index contributed by atoms with van der Waals surface area (Å²) in [6, 6.07) is 13.7. The Balaban J connectivity index is 0.00000196. The third-order valence-electron chi connectivity index (χ3n) is 5.59. The van der Waals surface area contributed by atoms with Crippen LogP contribution in [0.3, 0.4) is 0 Å². The maximum Gasteiger partial charge on any atom is 0.243 e. The molecule has 2 fully saturated rings. The van der Waals surface area contributed by atoms with Crippen LogP contribution in [-0.2, 0) is 9.59 Å². The van der Waals surface area contributed by atoms with E-state index < -0.39 is 0 Å². The number of hydrogen-bond acceptors (Lipinski definition) is 3. The van der Waals surface area contributed by atoms with E-state index in [1.807, 2.05) is 42.5 Å². The van der Waals surface area contributed by atoms with Crippen LogP contribution in [-0.4, -0.2) is 31.4 Å². The minimum Gasteiger partial charge on any atom is -0.347 e. The summed E-state index contributed by atoms with van der Waals surface area (Å²) in [4.78, 5) is 24.6. The zero-order valence-corrected chi connectivity index (χ0v) is 15.4. The van der Waals surface area contributed by atoms with Crippen LogP contribution in [0.15, 0.2) is 42.5 Å². The molecule has 1 saturated carbocycles. The van der Waals surface area contributed by atoms with Gasteiger partial charge >= 0.3 is 0 Å². The second-order valence-electron chi connectivity index (χ2n) is 7.16. The summed E-state index contributed by atoms with van der Waals surface area (Å²) in [5.41, 5.74) is 0.972. The minimum absolute atomic E-state index is 0. The smallest absolute Gasteiger partial charge is 0.243 e. The van der Waals surface area contributed by atoms with Crippen LogP contribution in [0.2, 0.25) is 0 Å². The van der Waals surface area contributed by atoms with Gasteiger partial charge in [0.2, 0.25) is 11.8 Å². The molecule has 6 heteroatoms. The normalized spacial score (nSPS) is 20.2. The van der Waals surface area contributed by atoms with Crippen molar-refractivity contribution in [3.63, 3.8) is 0 Å². The Bertz CT molecular complexity index is 812. The Labute approximate surface area is 159 Å². The molecule has 0 radical (unpaired) electrons. The molecule has 26 heavy (non-hydrogen) atoms. The SMILES string of the molecule is Cl.O=C(CNC(=O)C1CC12CCNCC2)Nc1cccc2ccccc12. The van der Waals surface area contributed by atoms with E-state index in [1.54, 1.807) is 0 Å². The quantitative estimate of drug-likeness (QED) is 0.771. The van der Waals surface area contributed by atoms with Crippen LogP contribution >= 0.6 is 12.4 Å². The van der Waals surface area contributed by atoms with E-state index in [0.29, 0.717) is 0 Å². The van der Waals surface area contributed by atoms with E-state index in [9.17, 15) is 9.59 Å². The van der Waals surface area contributed by atoms with Gasteiger partial charge in [0.15, 0.2) is 0 Å². The van der Waals surface area contributed by atoms with Gasteiger partial charge in [-0.3, -0.25) is 9.59 Å². The van der Waals surface area contributed by atoms with Crippen molar-refractivity contribution >= 4 is 40.7 Å². The highest BCUT2D eigenvalue weighted by Crippen LogP contribution is 2.58. The first-order valence-electron chi connectivity index (χ1n) is 8.94. The molecular weight excluding hydrogens is 350 g/mol. The molecule has 1 aliphatic carbocycles. The molecule has 0 aromatic heterocycles. The first kappa shape index (κ1) is 18.7. The van der Waals surface area contributed by atoms with Crippen LogP contribution in [0.25, 0.3) is 10.8 Å². The van der Waals surface area contributed by atoms with Crippen LogP contribution in [0.5, 0.6) is 0 Å². The summed E-state index contributed by atoms with van der Waals surface area (Å²) in [7, 11) is 0. The summed E-state index contributed by atoms with van der Waals surface area (Å²) in [5.74, 6) is -0.0837. The van der Waals surface area contributed by atoms with E-state index in [4.69, 9.17) is 0 Å². The molecule has 2 aliphatic rings. The molecule has 1 heterocycles. The summed E-state index contributed by atoms with van der Waals surface area (Å²) < 4.78 is 0. The number of benzene rings is 2. The third kappa shape index (κ3) is 3.69. The number of piperidine rings is 1. The van der Waals surface area contributed by atoms with Gasteiger partial charge in [-0.05, 0) is 49.2 Å². The second-order valence-corrected chi connectivity index (χ2v) is 7.16. The predicted octanol–water partition coefficient (Wildman–Crippen LogP) is 2.71. The highest BCUT2D eigenvalue weighted by molar-refractivity contribution is 6.03. The maximum absolute atomic E-state index is 12.3. The molecule has 4 rings (SSSR count). The fourth-order valence-corrected chi connectivity index (χ4v) is 4.02. The summed E-state index contributed by atoms with van der Waals surface area (Å²) in [6.45, 7) is 2.00. The molecule has 2 aromatic rings. The van der Waals surface area contributed by atoms with Gasteiger partial charge in [-0.2, -0.15) is 0 Å². The number of carbonyl (C=O) groups excluding carboxylic acids is 2. The van der Waals surface area contributed by atoms with E-state index >= 15 is 0 Å². The van der Waals surface area contributed by atoms with Crippen LogP contribution in [0.1, 0.15) is 19.3 Å². The van der Waals surface area contributed by atoms with Crippen LogP contribution < -0.4 is 16.0 Å². The molecule has 5 nitrogen and oxygen atoms in total. The zero-order chi connectivity index (χ0) is 17.3. The topological polar surface area (TPSA) is 70.2 Å². The number of rotatable bonds is 4. The Morgan fingerprint density at radius 1 is 1.08 bits per heavy atom. The molecule has 138 valence electrons. The first-order valence-corrected chi connectivity index (χ1v) is 8.94. The molecule has 1 saturated heterocycles. The van der Waals surface area contributed by atoms with Crippen molar-refractivity contribution in [1.29, 1.82) is 0 Å². The number of amides is 2. The Kier molecular flexibility index (Phi) is 5.49. The number of anilines is 1. The number of halogens is 1. The summed E-state index contributed by atoms with van der Waals surface area (Å²) in [6.07, 6.45) is 3.09. The molecule has 1 aliphatic heterocycles. The van der Waals surface area contributed by atoms with Gasteiger partial charge in [0.1, 0.15) is 0 Å².